The van der Waals surface area contributed by atoms with Gasteiger partial charge in [0.2, 0.25) is 0 Å². The fourth-order valence-corrected chi connectivity index (χ4v) is 7.69. The van der Waals surface area contributed by atoms with E-state index in [4.69, 9.17) is 4.89 Å². The van der Waals surface area contributed by atoms with Crippen LogP contribution in [0.5, 0.6) is 0 Å². The second kappa shape index (κ2) is 18.2. The first-order valence-electron chi connectivity index (χ1n) is 16.2. The molecular weight excluding hydrogens is 1260 g/mol. The zero-order valence-electron chi connectivity index (χ0n) is 32.1. The third kappa shape index (κ3) is 9.39. The van der Waals surface area contributed by atoms with Crippen molar-refractivity contribution in [2.24, 2.45) is 5.41 Å². The fraction of sp³-hybridized carbons (Fsp3) is 1.00. The lowest BCUT2D eigenvalue weighted by Crippen LogP contribution is -2.76. The van der Waals surface area contributed by atoms with E-state index in [2.05, 4.69) is 9.05 Å². The van der Waals surface area contributed by atoms with Gasteiger partial charge >= 0.3 is 125 Å². The summed E-state index contributed by atoms with van der Waals surface area (Å²) < 4.78 is 595. The molecule has 444 valence electrons. The zero-order valence-corrected chi connectivity index (χ0v) is 34.7. The lowest BCUT2D eigenvalue weighted by Gasteiger charge is -2.45. The van der Waals surface area contributed by atoms with Crippen LogP contribution < -0.4 is 0 Å². The van der Waals surface area contributed by atoms with Crippen LogP contribution in [0.1, 0.15) is 0 Å². The average Bonchev–Trinajstić information content (AvgIpc) is 3.18. The predicted molar refractivity (Wildman–Crippen MR) is 150 cm³/mol. The molecular formula is C25H9F42O4PS2. The van der Waals surface area contributed by atoms with Crippen molar-refractivity contribution in [3.8, 4) is 0 Å². The van der Waals surface area contributed by atoms with E-state index < -0.39 is 179 Å². The second-order valence-corrected chi connectivity index (χ2v) is 17.9. The van der Waals surface area contributed by atoms with E-state index in [1.807, 2.05) is 0 Å². The molecule has 1 N–H and O–H groups in total. The maximum Gasteiger partial charge on any atom is 0.472 e. The van der Waals surface area contributed by atoms with Crippen LogP contribution in [0.3, 0.4) is 0 Å². The Morgan fingerprint density at radius 2 is 0.446 bits per heavy atom. The molecule has 1 aliphatic heterocycles. The van der Waals surface area contributed by atoms with Crippen molar-refractivity contribution in [2.45, 2.75) is 118 Å². The molecule has 0 aromatic carbocycles. The van der Waals surface area contributed by atoms with Crippen LogP contribution in [0.15, 0.2) is 0 Å². The Morgan fingerprint density at radius 3 is 0.608 bits per heavy atom. The van der Waals surface area contributed by atoms with Gasteiger partial charge < -0.3 is 4.89 Å². The molecule has 0 bridgehead atoms. The Labute approximate surface area is 382 Å². The van der Waals surface area contributed by atoms with Crippen molar-refractivity contribution >= 4 is 31.3 Å². The van der Waals surface area contributed by atoms with Crippen molar-refractivity contribution in [3.63, 3.8) is 0 Å². The monoisotopic (exact) mass is 1270 g/mol. The number of thioether (sulfide) groups is 2. The van der Waals surface area contributed by atoms with Crippen LogP contribution in [-0.2, 0) is 13.6 Å². The number of phosphoric ester groups is 1. The first kappa shape index (κ1) is 69.9. The molecule has 0 radical (unpaired) electrons. The average molecular weight is 1270 g/mol. The molecule has 0 unspecified atom stereocenters. The molecule has 0 atom stereocenters. The number of alkyl halides is 42. The molecule has 0 spiro atoms. The molecule has 0 aliphatic carbocycles. The first-order valence-corrected chi connectivity index (χ1v) is 19.6. The molecule has 0 saturated carbocycles. The lowest BCUT2D eigenvalue weighted by atomic mass is 9.87. The fourth-order valence-electron chi connectivity index (χ4n) is 4.48. The molecule has 0 aromatic rings. The summed E-state index contributed by atoms with van der Waals surface area (Å²) in [6, 6.07) is 0. The van der Waals surface area contributed by atoms with Gasteiger partial charge in [0.25, 0.3) is 0 Å². The van der Waals surface area contributed by atoms with Crippen LogP contribution in [0.2, 0.25) is 0 Å². The second-order valence-electron chi connectivity index (χ2n) is 14.3. The Bertz CT molecular complexity index is 1930. The summed E-state index contributed by atoms with van der Waals surface area (Å²) in [7, 11) is -6.00. The van der Waals surface area contributed by atoms with E-state index in [-0.39, 0.29) is 0 Å². The van der Waals surface area contributed by atoms with Crippen LogP contribution in [0.4, 0.5) is 184 Å². The molecule has 1 fully saturated rings. The summed E-state index contributed by atoms with van der Waals surface area (Å²) >= 11 is -5.91. The van der Waals surface area contributed by atoms with Crippen molar-refractivity contribution in [1.29, 1.82) is 0 Å². The minimum Gasteiger partial charge on any atom is -0.302 e. The van der Waals surface area contributed by atoms with E-state index in [1.54, 1.807) is 0 Å². The Balaban J connectivity index is 3.88. The summed E-state index contributed by atoms with van der Waals surface area (Å²) in [5.41, 5.74) is -4.21. The van der Waals surface area contributed by atoms with Gasteiger partial charge in [0.15, 0.2) is 0 Å². The smallest absolute Gasteiger partial charge is 0.302 e. The number of hydrogen-bond donors (Lipinski definition) is 1. The highest BCUT2D eigenvalue weighted by Crippen LogP contribution is 2.70. The molecule has 0 amide bonds. The van der Waals surface area contributed by atoms with Crippen LogP contribution >= 0.6 is 31.3 Å². The Hall–Kier alpha value is -2.13. The van der Waals surface area contributed by atoms with E-state index >= 15 is 0 Å². The van der Waals surface area contributed by atoms with Crippen LogP contribution in [0, 0.1) is 5.41 Å². The van der Waals surface area contributed by atoms with Gasteiger partial charge in [-0.05, 0) is 0 Å². The quantitative estimate of drug-likeness (QED) is 0.0861. The number of rotatable bonds is 22. The topological polar surface area (TPSA) is 55.8 Å². The molecule has 1 rings (SSSR count). The zero-order chi connectivity index (χ0) is 60.7. The number of hydrogen-bond acceptors (Lipinski definition) is 5. The van der Waals surface area contributed by atoms with Gasteiger partial charge in [0.1, 0.15) is 0 Å². The van der Waals surface area contributed by atoms with E-state index in [9.17, 15) is 189 Å². The van der Waals surface area contributed by atoms with Crippen LogP contribution in [0.25, 0.3) is 0 Å². The summed E-state index contributed by atoms with van der Waals surface area (Å²) in [5, 5.41) is -15.8. The third-order valence-corrected chi connectivity index (χ3v) is 12.8. The van der Waals surface area contributed by atoms with E-state index in [0.717, 1.165) is 0 Å². The molecule has 49 heteroatoms. The summed E-state index contributed by atoms with van der Waals surface area (Å²) in [5.74, 6) is -157. The maximum absolute atomic E-state index is 14.6. The van der Waals surface area contributed by atoms with Gasteiger partial charge in [-0.25, -0.2) is 4.57 Å². The van der Waals surface area contributed by atoms with Crippen LogP contribution in [-0.4, -0.2) is 147 Å². The molecule has 1 heterocycles. The van der Waals surface area contributed by atoms with E-state index in [1.165, 1.54) is 0 Å². The normalized spacial score (nSPS) is 19.3. The van der Waals surface area contributed by atoms with Gasteiger partial charge in [-0.3, -0.25) is 9.05 Å². The SMILES string of the molecule is O=P1(O)OCC(CSC(F)(F)C(F)(F)C(F)(F)C(F)(F)C(F)(F)C(F)(F)C(F)(F)C(F)(F)C(F)(F)C(F)(F)F)(CSC(F)(F)C(F)(F)C(F)(F)C(F)(F)C(F)(F)C(F)(F)C(F)(F)C(F)(F)C(F)(F)C(F)(F)F)CO1. The predicted octanol–water partition coefficient (Wildman–Crippen LogP) is 15.1. The molecule has 4 nitrogen and oxygen atoms in total. The summed E-state index contributed by atoms with van der Waals surface area (Å²) in [6.07, 6.45) is -16.7. The highest BCUT2D eigenvalue weighted by molar-refractivity contribution is 8.01. The van der Waals surface area contributed by atoms with Gasteiger partial charge in [0.05, 0.1) is 13.2 Å². The van der Waals surface area contributed by atoms with Gasteiger partial charge in [0, 0.05) is 16.9 Å². The number of phosphoric acid groups is 1. The molecule has 1 saturated heterocycles. The van der Waals surface area contributed by atoms with Crippen molar-refractivity contribution in [1.82, 2.24) is 0 Å². The Morgan fingerprint density at radius 1 is 0.297 bits per heavy atom. The third-order valence-electron chi connectivity index (χ3n) is 9.15. The van der Waals surface area contributed by atoms with Gasteiger partial charge in [-0.1, -0.05) is 23.5 Å². The van der Waals surface area contributed by atoms with E-state index in [0.29, 0.717) is 0 Å². The highest BCUT2D eigenvalue weighted by atomic mass is 32.2. The Kier molecular flexibility index (Phi) is 17.2. The van der Waals surface area contributed by atoms with Gasteiger partial charge in [-0.15, -0.1) is 0 Å². The van der Waals surface area contributed by atoms with Crippen molar-refractivity contribution in [2.75, 3.05) is 24.7 Å². The maximum atomic E-state index is 14.6. The molecule has 1 aliphatic rings. The van der Waals surface area contributed by atoms with Crippen molar-refractivity contribution < 1.29 is 203 Å². The highest BCUT2D eigenvalue weighted by Gasteiger charge is 3.00. The largest absolute Gasteiger partial charge is 0.472 e. The minimum atomic E-state index is -9.77. The number of halogens is 42. The van der Waals surface area contributed by atoms with Crippen molar-refractivity contribution in [3.05, 3.63) is 0 Å². The van der Waals surface area contributed by atoms with Gasteiger partial charge in [-0.2, -0.15) is 184 Å². The summed E-state index contributed by atoms with van der Waals surface area (Å²) in [6.45, 7) is -5.34. The molecule has 74 heavy (non-hydrogen) atoms. The minimum absolute atomic E-state index is 2.67. The molecule has 0 aromatic heterocycles. The first-order chi connectivity index (χ1) is 31.3. The standard InChI is InChI=1S/C25H9F42O4PS2/c26-6(27,10(34,35)14(42,43)18(50,51)22(58,59)60)8(30,31)12(38,39)16(46,47)20(54,55)24(64,65)73-3-5(1-70-72(68,69)71-2-5)4-74-25(66,67)21(56,57)17(48,49)13(40,41)9(32,33)7(28,29)11(36,37)15(44,45)19(52,53)23(61,62)63/h1-4H2,(H,68,69). The lowest BCUT2D eigenvalue weighted by molar-refractivity contribution is -0.472. The summed E-state index contributed by atoms with van der Waals surface area (Å²) in [4.78, 5) is 9.12.